The van der Waals surface area contributed by atoms with Crippen molar-refractivity contribution < 1.29 is 19.1 Å². The van der Waals surface area contributed by atoms with Gasteiger partial charge in [0.05, 0.1) is 19.6 Å². The number of nitrogens with zero attached hydrogens (tertiary/aromatic N) is 4. The van der Waals surface area contributed by atoms with E-state index < -0.39 is 0 Å². The Hall–Kier alpha value is -3.16. The van der Waals surface area contributed by atoms with Crippen molar-refractivity contribution in [2.24, 2.45) is 5.92 Å². The number of aromatic nitrogens is 2. The molecule has 2 aliphatic rings. The van der Waals surface area contributed by atoms with Crippen molar-refractivity contribution in [2.75, 3.05) is 31.6 Å². The van der Waals surface area contributed by atoms with E-state index in [-0.39, 0.29) is 36.3 Å². The zero-order valence-electron chi connectivity index (χ0n) is 18.2. The van der Waals surface area contributed by atoms with Crippen LogP contribution in [0.1, 0.15) is 30.4 Å². The molecule has 2 amide bonds. The molecule has 4 rings (SSSR count). The number of likely N-dealkylation sites (tertiary alicyclic amines) is 1. The number of carbonyl (C=O) groups is 2. The number of benzene rings is 1. The minimum Gasteiger partial charge on any atom is -0.472 e. The Morgan fingerprint density at radius 1 is 1.16 bits per heavy atom. The minimum atomic E-state index is -0.327. The summed E-state index contributed by atoms with van der Waals surface area (Å²) in [7, 11) is 1.50. The van der Waals surface area contributed by atoms with Gasteiger partial charge in [-0.05, 0) is 49.9 Å². The zero-order valence-corrected chi connectivity index (χ0v) is 18.2. The van der Waals surface area contributed by atoms with E-state index in [4.69, 9.17) is 9.47 Å². The molecule has 8 nitrogen and oxygen atoms in total. The number of anilines is 1. The first-order valence-electron chi connectivity index (χ1n) is 10.6. The third-order valence-corrected chi connectivity index (χ3v) is 6.04. The van der Waals surface area contributed by atoms with Gasteiger partial charge in [-0.15, -0.1) is 0 Å². The molecule has 0 saturated carbocycles. The van der Waals surface area contributed by atoms with E-state index in [0.29, 0.717) is 25.5 Å². The molecule has 8 heteroatoms. The van der Waals surface area contributed by atoms with Gasteiger partial charge in [-0.1, -0.05) is 6.07 Å². The summed E-state index contributed by atoms with van der Waals surface area (Å²) < 4.78 is 11.0. The van der Waals surface area contributed by atoms with E-state index >= 15 is 0 Å². The summed E-state index contributed by atoms with van der Waals surface area (Å²) in [5.41, 5.74) is 3.18. The first-order valence-corrected chi connectivity index (χ1v) is 10.6. The molecule has 1 aromatic carbocycles. The average molecular weight is 425 g/mol. The number of rotatable bonds is 5. The molecular weight excluding hydrogens is 396 g/mol. The average Bonchev–Trinajstić information content (AvgIpc) is 3.17. The highest BCUT2D eigenvalue weighted by atomic mass is 16.5. The van der Waals surface area contributed by atoms with Crippen LogP contribution in [0.25, 0.3) is 0 Å². The maximum atomic E-state index is 13.2. The molecule has 2 aliphatic heterocycles. The molecule has 3 heterocycles. The second kappa shape index (κ2) is 8.91. The second-order valence-electron chi connectivity index (χ2n) is 8.22. The molecule has 2 aromatic rings. The van der Waals surface area contributed by atoms with Gasteiger partial charge in [0.1, 0.15) is 6.10 Å². The SMILES string of the molecule is COc1nccc(OC2CCCN(C(=O)C3CC(=O)N(c4ccc(C)c(C)c4)C3)C2)n1. The largest absolute Gasteiger partial charge is 0.472 e. The van der Waals surface area contributed by atoms with Gasteiger partial charge in [0.2, 0.25) is 17.7 Å². The first-order chi connectivity index (χ1) is 14.9. The standard InChI is InChI=1S/C23H28N4O4/c1-15-6-7-18(11-16(15)2)27-13-17(12-21(27)28)22(29)26-10-4-5-19(14-26)31-20-8-9-24-23(25-20)30-3/h6-9,11,17,19H,4-5,10,12-14H2,1-3H3. The Bertz CT molecular complexity index is 980. The smallest absolute Gasteiger partial charge is 0.319 e. The molecule has 0 N–H and O–H groups in total. The number of ether oxygens (including phenoxy) is 2. The van der Waals surface area contributed by atoms with Crippen LogP contribution in [0, 0.1) is 19.8 Å². The Kier molecular flexibility index (Phi) is 6.06. The maximum Gasteiger partial charge on any atom is 0.319 e. The van der Waals surface area contributed by atoms with Gasteiger partial charge in [-0.25, -0.2) is 4.98 Å². The van der Waals surface area contributed by atoms with E-state index in [1.165, 1.54) is 12.7 Å². The van der Waals surface area contributed by atoms with Crippen molar-refractivity contribution in [3.63, 3.8) is 0 Å². The molecule has 0 radical (unpaired) electrons. The monoisotopic (exact) mass is 424 g/mol. The van der Waals surface area contributed by atoms with Crippen molar-refractivity contribution >= 4 is 17.5 Å². The number of hydrogen-bond donors (Lipinski definition) is 0. The maximum absolute atomic E-state index is 13.2. The summed E-state index contributed by atoms with van der Waals surface area (Å²) in [6.45, 7) is 5.66. The van der Waals surface area contributed by atoms with Crippen molar-refractivity contribution in [3.8, 4) is 11.9 Å². The Morgan fingerprint density at radius 2 is 2.00 bits per heavy atom. The fourth-order valence-corrected chi connectivity index (χ4v) is 4.17. The van der Waals surface area contributed by atoms with E-state index in [0.717, 1.165) is 24.1 Å². The third-order valence-electron chi connectivity index (χ3n) is 6.04. The zero-order chi connectivity index (χ0) is 22.0. The van der Waals surface area contributed by atoms with Crippen LogP contribution in [0.5, 0.6) is 11.9 Å². The molecule has 31 heavy (non-hydrogen) atoms. The lowest BCUT2D eigenvalue weighted by molar-refractivity contribution is -0.138. The summed E-state index contributed by atoms with van der Waals surface area (Å²) in [5, 5.41) is 0. The molecule has 2 unspecified atom stereocenters. The van der Waals surface area contributed by atoms with Gasteiger partial charge in [-0.2, -0.15) is 4.98 Å². The van der Waals surface area contributed by atoms with Crippen LogP contribution >= 0.6 is 0 Å². The summed E-state index contributed by atoms with van der Waals surface area (Å²) in [4.78, 5) is 37.6. The van der Waals surface area contributed by atoms with Crippen LogP contribution in [0.2, 0.25) is 0 Å². The van der Waals surface area contributed by atoms with E-state index in [1.54, 1.807) is 17.2 Å². The third kappa shape index (κ3) is 4.62. The Morgan fingerprint density at radius 3 is 2.77 bits per heavy atom. The lowest BCUT2D eigenvalue weighted by Gasteiger charge is -2.34. The molecule has 2 atom stereocenters. The molecule has 0 bridgehead atoms. The predicted octanol–water partition coefficient (Wildman–Crippen LogP) is 2.52. The van der Waals surface area contributed by atoms with Gasteiger partial charge in [0, 0.05) is 37.5 Å². The van der Waals surface area contributed by atoms with Crippen LogP contribution < -0.4 is 14.4 Å². The van der Waals surface area contributed by atoms with Crippen molar-refractivity contribution in [3.05, 3.63) is 41.6 Å². The van der Waals surface area contributed by atoms with Crippen LogP contribution in [-0.4, -0.2) is 59.5 Å². The molecular formula is C23H28N4O4. The highest BCUT2D eigenvalue weighted by molar-refractivity contribution is 6.00. The van der Waals surface area contributed by atoms with Crippen LogP contribution in [0.3, 0.4) is 0 Å². The van der Waals surface area contributed by atoms with Gasteiger partial charge >= 0.3 is 6.01 Å². The molecule has 164 valence electrons. The highest BCUT2D eigenvalue weighted by Gasteiger charge is 2.38. The fraction of sp³-hybridized carbons (Fsp3) is 0.478. The van der Waals surface area contributed by atoms with Gasteiger partial charge in [0.15, 0.2) is 0 Å². The predicted molar refractivity (Wildman–Crippen MR) is 115 cm³/mol. The molecule has 0 spiro atoms. The number of carbonyl (C=O) groups excluding carboxylic acids is 2. The molecule has 1 aromatic heterocycles. The van der Waals surface area contributed by atoms with E-state index in [1.807, 2.05) is 36.9 Å². The van der Waals surface area contributed by atoms with Crippen molar-refractivity contribution in [2.45, 2.75) is 39.2 Å². The van der Waals surface area contributed by atoms with Crippen molar-refractivity contribution in [1.29, 1.82) is 0 Å². The molecule has 2 fully saturated rings. The number of amides is 2. The van der Waals surface area contributed by atoms with Crippen LogP contribution in [0.15, 0.2) is 30.5 Å². The normalized spacial score (nSPS) is 21.3. The summed E-state index contributed by atoms with van der Waals surface area (Å²) in [5.74, 6) is 0.128. The van der Waals surface area contributed by atoms with Crippen molar-refractivity contribution in [1.82, 2.24) is 14.9 Å². The van der Waals surface area contributed by atoms with Gasteiger partial charge in [-0.3, -0.25) is 9.59 Å². The quantitative estimate of drug-likeness (QED) is 0.733. The second-order valence-corrected chi connectivity index (χ2v) is 8.22. The Balaban J connectivity index is 1.39. The summed E-state index contributed by atoms with van der Waals surface area (Å²) in [6.07, 6.45) is 3.37. The Labute approximate surface area is 182 Å². The number of methoxy groups -OCH3 is 1. The molecule has 2 saturated heterocycles. The van der Waals surface area contributed by atoms with Gasteiger partial charge in [0.25, 0.3) is 0 Å². The number of aryl methyl sites for hydroxylation is 2. The van der Waals surface area contributed by atoms with E-state index in [2.05, 4.69) is 9.97 Å². The lowest BCUT2D eigenvalue weighted by Crippen LogP contribution is -2.47. The first kappa shape index (κ1) is 21.1. The lowest BCUT2D eigenvalue weighted by atomic mass is 10.0. The number of piperidine rings is 1. The van der Waals surface area contributed by atoms with Gasteiger partial charge < -0.3 is 19.3 Å². The number of hydrogen-bond acceptors (Lipinski definition) is 6. The topological polar surface area (TPSA) is 84.9 Å². The molecule has 0 aliphatic carbocycles. The van der Waals surface area contributed by atoms with E-state index in [9.17, 15) is 9.59 Å². The van der Waals surface area contributed by atoms with Crippen LogP contribution in [0.4, 0.5) is 5.69 Å². The minimum absolute atomic E-state index is 0.000469. The summed E-state index contributed by atoms with van der Waals surface area (Å²) >= 11 is 0. The highest BCUT2D eigenvalue weighted by Crippen LogP contribution is 2.29. The summed E-state index contributed by atoms with van der Waals surface area (Å²) in [6, 6.07) is 7.91. The van der Waals surface area contributed by atoms with Crippen LogP contribution in [-0.2, 0) is 9.59 Å². The fourth-order valence-electron chi connectivity index (χ4n) is 4.17.